The number of hydrogen-bond donors (Lipinski definition) is 0. The van der Waals surface area contributed by atoms with Gasteiger partial charge in [0.2, 0.25) is 5.28 Å². The van der Waals surface area contributed by atoms with Crippen LogP contribution in [0.5, 0.6) is 0 Å². The summed E-state index contributed by atoms with van der Waals surface area (Å²) in [5.74, 6) is 0.442. The van der Waals surface area contributed by atoms with Gasteiger partial charge in [0, 0.05) is 25.5 Å². The number of rotatable bonds is 2. The first-order valence-corrected chi connectivity index (χ1v) is 6.65. The molecule has 2 heterocycles. The van der Waals surface area contributed by atoms with Gasteiger partial charge < -0.3 is 9.64 Å². The first kappa shape index (κ1) is 14.1. The van der Waals surface area contributed by atoms with Gasteiger partial charge in [-0.05, 0) is 50.3 Å². The second-order valence-electron chi connectivity index (χ2n) is 5.82. The van der Waals surface area contributed by atoms with Crippen molar-refractivity contribution in [3.63, 3.8) is 0 Å². The van der Waals surface area contributed by atoms with E-state index >= 15 is 0 Å². The Bertz CT molecular complexity index is 450. The number of halogens is 1. The van der Waals surface area contributed by atoms with Crippen LogP contribution in [-0.2, 0) is 11.2 Å². The molecule has 1 aromatic heterocycles. The zero-order valence-electron chi connectivity index (χ0n) is 11.4. The number of hydrogen-bond acceptors (Lipinski definition) is 4. The van der Waals surface area contributed by atoms with E-state index in [1.807, 2.05) is 20.8 Å². The largest absolute Gasteiger partial charge is 0.444 e. The molecule has 1 saturated heterocycles. The minimum Gasteiger partial charge on any atom is -0.444 e. The van der Waals surface area contributed by atoms with E-state index in [1.165, 1.54) is 0 Å². The summed E-state index contributed by atoms with van der Waals surface area (Å²) < 4.78 is 5.30. The second kappa shape index (κ2) is 5.33. The standard InChI is InChI=1S/C13H18ClN3O2/c1-13(2,3)19-12(18)17-7-10(8-17)4-9-5-15-11(14)16-6-9/h5-6,10H,4,7-8H2,1-3H3. The third-order valence-electron chi connectivity index (χ3n) is 2.81. The molecule has 0 aromatic carbocycles. The molecule has 0 saturated carbocycles. The van der Waals surface area contributed by atoms with Crippen LogP contribution in [0.3, 0.4) is 0 Å². The molecule has 1 fully saturated rings. The van der Waals surface area contributed by atoms with Crippen LogP contribution in [-0.4, -0.2) is 39.7 Å². The molecule has 1 aliphatic heterocycles. The average molecular weight is 284 g/mol. The van der Waals surface area contributed by atoms with Crippen molar-refractivity contribution in [1.29, 1.82) is 0 Å². The highest BCUT2D eigenvalue weighted by Crippen LogP contribution is 2.22. The van der Waals surface area contributed by atoms with E-state index < -0.39 is 5.60 Å². The summed E-state index contributed by atoms with van der Waals surface area (Å²) in [6, 6.07) is 0. The maximum atomic E-state index is 11.7. The van der Waals surface area contributed by atoms with E-state index in [0.717, 1.165) is 25.1 Å². The predicted octanol–water partition coefficient (Wildman–Crippen LogP) is 2.54. The molecule has 0 bridgehead atoms. The zero-order valence-corrected chi connectivity index (χ0v) is 12.1. The van der Waals surface area contributed by atoms with Crippen molar-refractivity contribution in [2.24, 2.45) is 5.92 Å². The van der Waals surface area contributed by atoms with E-state index in [2.05, 4.69) is 9.97 Å². The second-order valence-corrected chi connectivity index (χ2v) is 6.15. The highest BCUT2D eigenvalue weighted by atomic mass is 35.5. The molecule has 1 amide bonds. The summed E-state index contributed by atoms with van der Waals surface area (Å²) in [4.78, 5) is 21.3. The van der Waals surface area contributed by atoms with Crippen molar-refractivity contribution in [3.05, 3.63) is 23.2 Å². The molecule has 0 unspecified atom stereocenters. The Morgan fingerprint density at radius 2 is 2.00 bits per heavy atom. The summed E-state index contributed by atoms with van der Waals surface area (Å²) in [5, 5.41) is 0.257. The van der Waals surface area contributed by atoms with Crippen molar-refractivity contribution in [1.82, 2.24) is 14.9 Å². The predicted molar refractivity (Wildman–Crippen MR) is 72.0 cm³/mol. The van der Waals surface area contributed by atoms with Crippen LogP contribution in [0, 0.1) is 5.92 Å². The number of amides is 1. The lowest BCUT2D eigenvalue weighted by molar-refractivity contribution is -0.000892. The third-order valence-corrected chi connectivity index (χ3v) is 3.00. The lowest BCUT2D eigenvalue weighted by Crippen LogP contribution is -2.52. The highest BCUT2D eigenvalue weighted by molar-refractivity contribution is 6.28. The minimum absolute atomic E-state index is 0.240. The smallest absolute Gasteiger partial charge is 0.410 e. The Morgan fingerprint density at radius 3 is 2.53 bits per heavy atom. The van der Waals surface area contributed by atoms with Crippen LogP contribution in [0.15, 0.2) is 12.4 Å². The first-order chi connectivity index (χ1) is 8.83. The van der Waals surface area contributed by atoms with Gasteiger partial charge in [-0.1, -0.05) is 0 Å². The Hall–Kier alpha value is -1.36. The van der Waals surface area contributed by atoms with Crippen LogP contribution >= 0.6 is 11.6 Å². The third kappa shape index (κ3) is 4.06. The number of carbonyl (C=O) groups excluding carboxylic acids is 1. The normalized spacial score (nSPS) is 16.1. The maximum absolute atomic E-state index is 11.7. The number of nitrogens with zero attached hydrogens (tertiary/aromatic N) is 3. The fourth-order valence-corrected chi connectivity index (χ4v) is 2.05. The molecular weight excluding hydrogens is 266 g/mol. The summed E-state index contributed by atoms with van der Waals surface area (Å²) in [6.45, 7) is 7.04. The van der Waals surface area contributed by atoms with Crippen molar-refractivity contribution in [2.45, 2.75) is 32.8 Å². The SMILES string of the molecule is CC(C)(C)OC(=O)N1CC(Cc2cnc(Cl)nc2)C1. The molecule has 104 valence electrons. The fraction of sp³-hybridized carbons (Fsp3) is 0.615. The number of likely N-dealkylation sites (tertiary alicyclic amines) is 1. The van der Waals surface area contributed by atoms with Crippen molar-refractivity contribution >= 4 is 17.7 Å². The lowest BCUT2D eigenvalue weighted by atomic mass is 9.94. The van der Waals surface area contributed by atoms with Gasteiger partial charge >= 0.3 is 6.09 Å². The lowest BCUT2D eigenvalue weighted by Gasteiger charge is -2.39. The van der Waals surface area contributed by atoms with Crippen LogP contribution in [0.1, 0.15) is 26.3 Å². The van der Waals surface area contributed by atoms with Gasteiger partial charge in [0.1, 0.15) is 5.60 Å². The topological polar surface area (TPSA) is 55.3 Å². The Balaban J connectivity index is 1.77. The van der Waals surface area contributed by atoms with E-state index in [-0.39, 0.29) is 11.4 Å². The molecule has 0 N–H and O–H groups in total. The Morgan fingerprint density at radius 1 is 1.42 bits per heavy atom. The molecule has 0 aliphatic carbocycles. The van der Waals surface area contributed by atoms with E-state index in [1.54, 1.807) is 17.3 Å². The number of carbonyl (C=O) groups is 1. The van der Waals surface area contributed by atoms with E-state index in [4.69, 9.17) is 16.3 Å². The molecule has 1 aromatic rings. The molecule has 1 aliphatic rings. The molecule has 5 nitrogen and oxygen atoms in total. The van der Waals surface area contributed by atoms with Crippen LogP contribution in [0.4, 0.5) is 4.79 Å². The van der Waals surface area contributed by atoms with Gasteiger partial charge in [-0.15, -0.1) is 0 Å². The van der Waals surface area contributed by atoms with Crippen LogP contribution < -0.4 is 0 Å². The van der Waals surface area contributed by atoms with Gasteiger partial charge in [-0.2, -0.15) is 0 Å². The Labute approximate surface area is 117 Å². The summed E-state index contributed by atoms with van der Waals surface area (Å²) in [5.41, 5.74) is 0.602. The molecular formula is C13H18ClN3O2. The average Bonchev–Trinajstić information content (AvgIpc) is 2.22. The Kier molecular flexibility index (Phi) is 3.94. The van der Waals surface area contributed by atoms with E-state index in [9.17, 15) is 4.79 Å². The molecule has 2 rings (SSSR count). The molecule has 0 spiro atoms. The van der Waals surface area contributed by atoms with Crippen molar-refractivity contribution in [3.8, 4) is 0 Å². The maximum Gasteiger partial charge on any atom is 0.410 e. The van der Waals surface area contributed by atoms with E-state index in [0.29, 0.717) is 5.92 Å². The van der Waals surface area contributed by atoms with Crippen molar-refractivity contribution in [2.75, 3.05) is 13.1 Å². The van der Waals surface area contributed by atoms with Gasteiger partial charge in [-0.3, -0.25) is 0 Å². The minimum atomic E-state index is -0.438. The van der Waals surface area contributed by atoms with Crippen LogP contribution in [0.2, 0.25) is 5.28 Å². The number of ether oxygens (including phenoxy) is 1. The highest BCUT2D eigenvalue weighted by Gasteiger charge is 2.33. The van der Waals surface area contributed by atoms with Crippen LogP contribution in [0.25, 0.3) is 0 Å². The van der Waals surface area contributed by atoms with Crippen molar-refractivity contribution < 1.29 is 9.53 Å². The van der Waals surface area contributed by atoms with Gasteiger partial charge in [0.25, 0.3) is 0 Å². The summed E-state index contributed by atoms with van der Waals surface area (Å²) in [6.07, 6.45) is 4.07. The quantitative estimate of drug-likeness (QED) is 0.783. The van der Waals surface area contributed by atoms with Gasteiger partial charge in [-0.25, -0.2) is 14.8 Å². The molecule has 6 heteroatoms. The first-order valence-electron chi connectivity index (χ1n) is 6.28. The fourth-order valence-electron chi connectivity index (χ4n) is 1.95. The summed E-state index contributed by atoms with van der Waals surface area (Å²) in [7, 11) is 0. The monoisotopic (exact) mass is 283 g/mol. The molecule has 0 atom stereocenters. The molecule has 19 heavy (non-hydrogen) atoms. The molecule has 0 radical (unpaired) electrons. The number of aromatic nitrogens is 2. The zero-order chi connectivity index (χ0) is 14.0. The summed E-state index contributed by atoms with van der Waals surface area (Å²) >= 11 is 5.63. The van der Waals surface area contributed by atoms with Gasteiger partial charge in [0.15, 0.2) is 0 Å². The van der Waals surface area contributed by atoms with Gasteiger partial charge in [0.05, 0.1) is 0 Å².